The zero-order valence-electron chi connectivity index (χ0n) is 11.6. The van der Waals surface area contributed by atoms with E-state index in [-0.39, 0.29) is 11.9 Å². The molecule has 102 valence electrons. The first-order valence-corrected chi connectivity index (χ1v) is 6.18. The van der Waals surface area contributed by atoms with Crippen LogP contribution in [-0.2, 0) is 4.79 Å². The van der Waals surface area contributed by atoms with Crippen LogP contribution in [0.5, 0.6) is 0 Å². The van der Waals surface area contributed by atoms with E-state index in [1.54, 1.807) is 12.1 Å². The molecule has 2 N–H and O–H groups in total. The number of anilines is 1. The molecule has 0 heterocycles. The van der Waals surface area contributed by atoms with E-state index in [1.165, 1.54) is 6.92 Å². The van der Waals surface area contributed by atoms with Gasteiger partial charge >= 0.3 is 0 Å². The standard InChI is InChI=1S/C14H20N4O/c1-11(19)17-13-6-4-12(5-7-13)14(10-15)16-8-9-18(2)3/h4-7,14,16H,8-9H2,1-3H3,(H,17,19). The van der Waals surface area contributed by atoms with Crippen molar-refractivity contribution in [3.05, 3.63) is 29.8 Å². The zero-order valence-corrected chi connectivity index (χ0v) is 11.6. The number of nitrogens with one attached hydrogen (secondary N) is 2. The molecule has 0 aromatic heterocycles. The molecule has 19 heavy (non-hydrogen) atoms. The molecule has 0 aliphatic carbocycles. The van der Waals surface area contributed by atoms with E-state index in [0.29, 0.717) is 0 Å². The van der Waals surface area contributed by atoms with Crippen molar-refractivity contribution < 1.29 is 4.79 Å². The quantitative estimate of drug-likeness (QED) is 0.810. The molecular weight excluding hydrogens is 240 g/mol. The smallest absolute Gasteiger partial charge is 0.221 e. The minimum Gasteiger partial charge on any atom is -0.326 e. The number of hydrogen-bond acceptors (Lipinski definition) is 4. The summed E-state index contributed by atoms with van der Waals surface area (Å²) in [5.74, 6) is -0.103. The summed E-state index contributed by atoms with van der Waals surface area (Å²) in [5.41, 5.74) is 1.64. The lowest BCUT2D eigenvalue weighted by molar-refractivity contribution is -0.114. The van der Waals surface area contributed by atoms with Crippen molar-refractivity contribution >= 4 is 11.6 Å². The van der Waals surface area contributed by atoms with Crippen LogP contribution in [0.15, 0.2) is 24.3 Å². The van der Waals surface area contributed by atoms with Crippen molar-refractivity contribution in [2.24, 2.45) is 0 Å². The summed E-state index contributed by atoms with van der Waals surface area (Å²) >= 11 is 0. The highest BCUT2D eigenvalue weighted by Crippen LogP contribution is 2.15. The molecule has 0 saturated heterocycles. The largest absolute Gasteiger partial charge is 0.326 e. The van der Waals surface area contributed by atoms with Gasteiger partial charge in [0.15, 0.2) is 0 Å². The summed E-state index contributed by atoms with van der Waals surface area (Å²) in [6.45, 7) is 3.09. The number of nitrogens with zero attached hydrogens (tertiary/aromatic N) is 2. The molecule has 1 aromatic rings. The molecule has 1 rings (SSSR count). The molecule has 0 saturated carbocycles. The number of carbonyl (C=O) groups is 1. The monoisotopic (exact) mass is 260 g/mol. The van der Waals surface area contributed by atoms with Crippen LogP contribution in [0.25, 0.3) is 0 Å². The second-order valence-corrected chi connectivity index (χ2v) is 4.62. The Balaban J connectivity index is 2.61. The maximum Gasteiger partial charge on any atom is 0.221 e. The lowest BCUT2D eigenvalue weighted by Gasteiger charge is -2.15. The predicted molar refractivity (Wildman–Crippen MR) is 75.7 cm³/mol. The topological polar surface area (TPSA) is 68.2 Å². The molecule has 5 heteroatoms. The minimum atomic E-state index is -0.327. The molecule has 0 aliphatic rings. The Bertz CT molecular complexity index is 448. The van der Waals surface area contributed by atoms with Gasteiger partial charge in [-0.15, -0.1) is 0 Å². The number of nitriles is 1. The van der Waals surface area contributed by atoms with E-state index >= 15 is 0 Å². The van der Waals surface area contributed by atoms with Crippen LogP contribution in [-0.4, -0.2) is 38.0 Å². The Morgan fingerprint density at radius 3 is 2.47 bits per heavy atom. The van der Waals surface area contributed by atoms with Crippen molar-refractivity contribution in [3.8, 4) is 6.07 Å². The van der Waals surface area contributed by atoms with Crippen molar-refractivity contribution in [1.29, 1.82) is 5.26 Å². The summed E-state index contributed by atoms with van der Waals surface area (Å²) in [5, 5.41) is 15.0. The van der Waals surface area contributed by atoms with Crippen LogP contribution in [0, 0.1) is 11.3 Å². The van der Waals surface area contributed by atoms with Gasteiger partial charge in [-0.2, -0.15) is 5.26 Å². The summed E-state index contributed by atoms with van der Waals surface area (Å²) in [6, 6.07) is 9.21. The third-order valence-corrected chi connectivity index (χ3v) is 2.60. The summed E-state index contributed by atoms with van der Waals surface area (Å²) in [4.78, 5) is 13.0. The van der Waals surface area contributed by atoms with Crippen LogP contribution in [0.4, 0.5) is 5.69 Å². The van der Waals surface area contributed by atoms with Crippen LogP contribution >= 0.6 is 0 Å². The predicted octanol–water partition coefficient (Wildman–Crippen LogP) is 1.36. The van der Waals surface area contributed by atoms with Gasteiger partial charge in [0.2, 0.25) is 5.91 Å². The van der Waals surface area contributed by atoms with E-state index in [0.717, 1.165) is 24.3 Å². The van der Waals surface area contributed by atoms with Crippen LogP contribution in [0.1, 0.15) is 18.5 Å². The maximum atomic E-state index is 10.9. The highest BCUT2D eigenvalue weighted by molar-refractivity contribution is 5.88. The number of rotatable bonds is 6. The van der Waals surface area contributed by atoms with Gasteiger partial charge < -0.3 is 10.2 Å². The Morgan fingerprint density at radius 1 is 1.37 bits per heavy atom. The molecule has 1 atom stereocenters. The van der Waals surface area contributed by atoms with Gasteiger partial charge in [-0.3, -0.25) is 10.1 Å². The first-order valence-electron chi connectivity index (χ1n) is 6.18. The van der Waals surface area contributed by atoms with Crippen LogP contribution in [0.2, 0.25) is 0 Å². The average Bonchev–Trinajstić information content (AvgIpc) is 2.35. The Kier molecular flexibility index (Phi) is 6.00. The SMILES string of the molecule is CC(=O)Nc1ccc(C(C#N)NCCN(C)C)cc1. The van der Waals surface area contributed by atoms with Crippen molar-refractivity contribution in [2.75, 3.05) is 32.5 Å². The summed E-state index contributed by atoms with van der Waals surface area (Å²) in [6.07, 6.45) is 0. The lowest BCUT2D eigenvalue weighted by Crippen LogP contribution is -2.29. The molecule has 0 radical (unpaired) electrons. The first kappa shape index (κ1) is 15.2. The Morgan fingerprint density at radius 2 is 2.00 bits per heavy atom. The van der Waals surface area contributed by atoms with Gasteiger partial charge in [-0.1, -0.05) is 12.1 Å². The van der Waals surface area contributed by atoms with Gasteiger partial charge in [0.1, 0.15) is 6.04 Å². The summed E-state index contributed by atoms with van der Waals surface area (Å²) in [7, 11) is 3.98. The van der Waals surface area contributed by atoms with E-state index in [4.69, 9.17) is 5.26 Å². The van der Waals surface area contributed by atoms with Gasteiger partial charge in [-0.25, -0.2) is 0 Å². The van der Waals surface area contributed by atoms with Gasteiger partial charge in [0.05, 0.1) is 6.07 Å². The van der Waals surface area contributed by atoms with E-state index in [1.807, 2.05) is 26.2 Å². The fourth-order valence-electron chi connectivity index (χ4n) is 1.63. The van der Waals surface area contributed by atoms with E-state index in [9.17, 15) is 4.79 Å². The number of carbonyl (C=O) groups excluding carboxylic acids is 1. The van der Waals surface area contributed by atoms with Gasteiger partial charge in [0.25, 0.3) is 0 Å². The lowest BCUT2D eigenvalue weighted by atomic mass is 10.1. The molecule has 0 spiro atoms. The Hall–Kier alpha value is -1.90. The van der Waals surface area contributed by atoms with Crippen molar-refractivity contribution in [2.45, 2.75) is 13.0 Å². The molecule has 0 aliphatic heterocycles. The molecule has 0 fully saturated rings. The highest BCUT2D eigenvalue weighted by atomic mass is 16.1. The molecule has 0 bridgehead atoms. The number of hydrogen-bond donors (Lipinski definition) is 2. The fraction of sp³-hybridized carbons (Fsp3) is 0.429. The second kappa shape index (κ2) is 7.52. The molecule has 5 nitrogen and oxygen atoms in total. The second-order valence-electron chi connectivity index (χ2n) is 4.62. The number of amides is 1. The maximum absolute atomic E-state index is 10.9. The summed E-state index contributed by atoms with van der Waals surface area (Å²) < 4.78 is 0. The van der Waals surface area contributed by atoms with Crippen LogP contribution in [0.3, 0.4) is 0 Å². The Labute approximate surface area is 114 Å². The van der Waals surface area contributed by atoms with Gasteiger partial charge in [-0.05, 0) is 31.8 Å². The average molecular weight is 260 g/mol. The van der Waals surface area contributed by atoms with Crippen molar-refractivity contribution in [1.82, 2.24) is 10.2 Å². The first-order chi connectivity index (χ1) is 9.02. The van der Waals surface area contributed by atoms with E-state index in [2.05, 4.69) is 21.6 Å². The van der Waals surface area contributed by atoms with Crippen LogP contribution < -0.4 is 10.6 Å². The molecule has 1 unspecified atom stereocenters. The van der Waals surface area contributed by atoms with Gasteiger partial charge in [0, 0.05) is 25.7 Å². The normalized spacial score (nSPS) is 11.9. The third kappa shape index (κ3) is 5.51. The van der Waals surface area contributed by atoms with Crippen molar-refractivity contribution in [3.63, 3.8) is 0 Å². The molecular formula is C14H20N4O. The fourth-order valence-corrected chi connectivity index (χ4v) is 1.63. The minimum absolute atomic E-state index is 0.103. The zero-order chi connectivity index (χ0) is 14.3. The number of benzene rings is 1. The third-order valence-electron chi connectivity index (χ3n) is 2.60. The molecule has 1 amide bonds. The van der Waals surface area contributed by atoms with E-state index < -0.39 is 0 Å². The number of likely N-dealkylation sites (N-methyl/N-ethyl adjacent to an activating group) is 1. The highest BCUT2D eigenvalue weighted by Gasteiger charge is 2.09. The molecule has 1 aromatic carbocycles.